The van der Waals surface area contributed by atoms with Crippen molar-refractivity contribution in [2.45, 2.75) is 45.4 Å². The minimum atomic E-state index is -0.765. The molecule has 9 nitrogen and oxygen atoms in total. The quantitative estimate of drug-likeness (QED) is 0.181. The van der Waals surface area contributed by atoms with E-state index in [0.29, 0.717) is 47.9 Å². The third-order valence-electron chi connectivity index (χ3n) is 10.4. The molecule has 1 N–H and O–H groups in total. The fourth-order valence-corrected chi connectivity index (χ4v) is 8.20. The predicted octanol–water partition coefficient (Wildman–Crippen LogP) is 7.37. The molecule has 2 atom stereocenters. The summed E-state index contributed by atoms with van der Waals surface area (Å²) in [4.78, 5) is 34.2. The lowest BCUT2D eigenvalue weighted by atomic mass is 9.93. The Morgan fingerprint density at radius 2 is 1.59 bits per heavy atom. The number of carboxylic acid groups (broad SMARTS) is 1. The lowest BCUT2D eigenvalue weighted by molar-refractivity contribution is -0.141. The summed E-state index contributed by atoms with van der Waals surface area (Å²) >= 11 is 13.9. The number of nitrogens with zero attached hydrogens (tertiary/aromatic N) is 4. The molecule has 7 rings (SSSR count). The van der Waals surface area contributed by atoms with E-state index in [9.17, 15) is 14.7 Å². The molecule has 0 spiro atoms. The molecule has 1 aromatic heterocycles. The largest absolute Gasteiger partial charge is 0.481 e. The first-order valence-electron chi connectivity index (χ1n) is 17.5. The van der Waals surface area contributed by atoms with Crippen molar-refractivity contribution >= 4 is 35.1 Å². The minimum absolute atomic E-state index is 0.144. The molecule has 1 amide bonds. The zero-order chi connectivity index (χ0) is 35.6. The molecule has 3 heterocycles. The highest BCUT2D eigenvalue weighted by Gasteiger charge is 2.31. The summed E-state index contributed by atoms with van der Waals surface area (Å²) in [6, 6.07) is 22.9. The smallest absolute Gasteiger partial charge is 0.307 e. The van der Waals surface area contributed by atoms with Crippen LogP contribution in [0.4, 0.5) is 0 Å². The van der Waals surface area contributed by atoms with Crippen molar-refractivity contribution in [1.82, 2.24) is 19.7 Å². The lowest BCUT2D eigenvalue weighted by Crippen LogP contribution is -2.47. The Kier molecular flexibility index (Phi) is 10.5. The van der Waals surface area contributed by atoms with Gasteiger partial charge in [-0.05, 0) is 59.7 Å². The van der Waals surface area contributed by atoms with Crippen LogP contribution >= 0.6 is 23.2 Å². The highest BCUT2D eigenvalue weighted by Crippen LogP contribution is 2.45. The first kappa shape index (κ1) is 35.3. The van der Waals surface area contributed by atoms with Gasteiger partial charge in [0.2, 0.25) is 17.7 Å². The van der Waals surface area contributed by atoms with Gasteiger partial charge in [0.1, 0.15) is 11.1 Å². The molecule has 1 aliphatic carbocycles. The van der Waals surface area contributed by atoms with E-state index in [1.54, 1.807) is 14.0 Å². The molecule has 0 unspecified atom stereocenters. The highest BCUT2D eigenvalue weighted by molar-refractivity contribution is 6.36. The van der Waals surface area contributed by atoms with Crippen LogP contribution in [0, 0.1) is 5.92 Å². The summed E-state index contributed by atoms with van der Waals surface area (Å²) in [7, 11) is 1.57. The maximum absolute atomic E-state index is 11.7. The second kappa shape index (κ2) is 15.2. The van der Waals surface area contributed by atoms with Gasteiger partial charge < -0.3 is 19.5 Å². The number of benzene rings is 3. The number of likely N-dealkylation sites (tertiary alicyclic amines) is 1. The number of ether oxygens (including phenoxy) is 2. The van der Waals surface area contributed by atoms with Crippen molar-refractivity contribution in [1.29, 1.82) is 0 Å². The van der Waals surface area contributed by atoms with Crippen molar-refractivity contribution in [3.05, 3.63) is 99.0 Å². The molecular weight excluding hydrogens is 687 g/mol. The molecule has 266 valence electrons. The van der Waals surface area contributed by atoms with E-state index in [1.807, 2.05) is 17.0 Å². The van der Waals surface area contributed by atoms with Crippen molar-refractivity contribution in [3.63, 3.8) is 0 Å². The number of carbonyl (C=O) groups is 2. The van der Waals surface area contributed by atoms with Crippen molar-refractivity contribution < 1.29 is 24.2 Å². The molecule has 3 aliphatic rings. The zero-order valence-electron chi connectivity index (χ0n) is 28.9. The predicted molar refractivity (Wildman–Crippen MR) is 198 cm³/mol. The number of fused-ring (bicyclic) bond motifs is 1. The lowest BCUT2D eigenvalue weighted by Gasteiger charge is -2.34. The van der Waals surface area contributed by atoms with Gasteiger partial charge in [-0.15, -0.1) is 0 Å². The zero-order valence-corrected chi connectivity index (χ0v) is 30.4. The first-order valence-corrected chi connectivity index (χ1v) is 18.3. The molecule has 51 heavy (non-hydrogen) atoms. The summed E-state index contributed by atoms with van der Waals surface area (Å²) < 4.78 is 12.1. The summed E-state index contributed by atoms with van der Waals surface area (Å²) in [5.74, 6) is -0.252. The summed E-state index contributed by atoms with van der Waals surface area (Å²) in [5, 5.41) is 10.5. The maximum atomic E-state index is 11.7. The van der Waals surface area contributed by atoms with E-state index in [0.717, 1.165) is 78.9 Å². The number of rotatable bonds is 10. The number of hydrogen-bond acceptors (Lipinski definition) is 7. The van der Waals surface area contributed by atoms with Gasteiger partial charge in [-0.25, -0.2) is 0 Å². The fraction of sp³-hybridized carbons (Fsp3) is 0.375. The second-order valence-electron chi connectivity index (χ2n) is 13.7. The topological polar surface area (TPSA) is 95.4 Å². The van der Waals surface area contributed by atoms with E-state index in [2.05, 4.69) is 69.4 Å². The van der Waals surface area contributed by atoms with Crippen LogP contribution in [0.2, 0.25) is 10.0 Å². The molecule has 3 aromatic carbocycles. The number of amides is 1. The second-order valence-corrected chi connectivity index (χ2v) is 14.5. The monoisotopic (exact) mass is 728 g/mol. The third-order valence-corrected chi connectivity index (χ3v) is 11.1. The van der Waals surface area contributed by atoms with Crippen LogP contribution in [0.25, 0.3) is 22.3 Å². The van der Waals surface area contributed by atoms with Crippen LogP contribution in [-0.2, 0) is 29.1 Å². The Morgan fingerprint density at radius 1 is 0.863 bits per heavy atom. The summed E-state index contributed by atoms with van der Waals surface area (Å²) in [6.07, 6.45) is 1.96. The number of carbonyl (C=O) groups excluding carboxylic acids is 1. The Labute approximate surface area is 308 Å². The SMILES string of the molecule is COc1nc(O[C@H]2CCc3c(-c4cccc(-c5ccc(CN6CCN(C(C)=O)CC6)cc5)c4Cl)cccc32)c(Cl)cc1CN1CC[C@@H](C(=O)O)C1. The van der Waals surface area contributed by atoms with Crippen LogP contribution in [-0.4, -0.2) is 83.0 Å². The van der Waals surface area contributed by atoms with Gasteiger partial charge in [0.25, 0.3) is 0 Å². The molecule has 2 saturated heterocycles. The molecular formula is C40H42Cl2N4O5. The van der Waals surface area contributed by atoms with Gasteiger partial charge in [-0.1, -0.05) is 83.9 Å². The Balaban J connectivity index is 1.06. The average molecular weight is 730 g/mol. The van der Waals surface area contributed by atoms with Gasteiger partial charge in [0.05, 0.1) is 18.1 Å². The van der Waals surface area contributed by atoms with Gasteiger partial charge in [-0.2, -0.15) is 4.98 Å². The van der Waals surface area contributed by atoms with Crippen LogP contribution in [0.15, 0.2) is 66.7 Å². The molecule has 2 fully saturated rings. The van der Waals surface area contributed by atoms with Crippen molar-refractivity contribution in [3.8, 4) is 34.0 Å². The Hall–Kier alpha value is -4.15. The number of halogens is 2. The van der Waals surface area contributed by atoms with E-state index >= 15 is 0 Å². The Bertz CT molecular complexity index is 1930. The average Bonchev–Trinajstić information content (AvgIpc) is 3.78. The van der Waals surface area contributed by atoms with Gasteiger partial charge >= 0.3 is 5.97 Å². The van der Waals surface area contributed by atoms with Crippen LogP contribution in [0.1, 0.15) is 48.1 Å². The highest BCUT2D eigenvalue weighted by atomic mass is 35.5. The molecule has 0 radical (unpaired) electrons. The standard InChI is InChI=1S/C40H42Cl2N4O5/c1-25(47)46-19-17-44(18-20-46)22-26-9-11-27(12-10-26)30-5-3-8-34(37(30)42)31-6-4-7-33-32(31)13-14-36(33)51-39-35(41)21-29(38(43-39)50-2)24-45-16-15-28(23-45)40(48)49/h3-12,21,28,36H,13-20,22-24H2,1-2H3,(H,48,49)/t28-,36+/m1/s1. The van der Waals surface area contributed by atoms with Crippen molar-refractivity contribution in [2.75, 3.05) is 46.4 Å². The third kappa shape index (κ3) is 7.58. The van der Waals surface area contributed by atoms with E-state index < -0.39 is 5.97 Å². The minimum Gasteiger partial charge on any atom is -0.481 e. The van der Waals surface area contributed by atoms with E-state index in [1.165, 1.54) is 11.1 Å². The Morgan fingerprint density at radius 3 is 2.29 bits per heavy atom. The van der Waals surface area contributed by atoms with Crippen molar-refractivity contribution in [2.24, 2.45) is 5.92 Å². The molecule has 2 aliphatic heterocycles. The van der Waals surface area contributed by atoms with E-state index in [4.69, 9.17) is 32.7 Å². The number of methoxy groups -OCH3 is 1. The molecule has 0 saturated carbocycles. The van der Waals surface area contributed by atoms with Crippen LogP contribution < -0.4 is 9.47 Å². The first-order chi connectivity index (χ1) is 24.7. The normalized spacial score (nSPS) is 19.3. The van der Waals surface area contributed by atoms with Crippen LogP contribution in [0.5, 0.6) is 11.8 Å². The summed E-state index contributed by atoms with van der Waals surface area (Å²) in [5.41, 5.74) is 8.42. The van der Waals surface area contributed by atoms with Gasteiger partial charge in [0, 0.05) is 69.4 Å². The number of hydrogen-bond donors (Lipinski definition) is 1. The summed E-state index contributed by atoms with van der Waals surface area (Å²) in [6.45, 7) is 7.47. The maximum Gasteiger partial charge on any atom is 0.307 e. The molecule has 11 heteroatoms. The molecule has 4 aromatic rings. The fourth-order valence-electron chi connectivity index (χ4n) is 7.64. The number of aromatic nitrogens is 1. The number of pyridine rings is 1. The van der Waals surface area contributed by atoms with Gasteiger partial charge in [-0.3, -0.25) is 19.4 Å². The van der Waals surface area contributed by atoms with E-state index in [-0.39, 0.29) is 17.9 Å². The number of aliphatic carboxylic acids is 1. The van der Waals surface area contributed by atoms with Crippen LogP contribution in [0.3, 0.4) is 0 Å². The number of carboxylic acids is 1. The molecule has 0 bridgehead atoms. The number of piperazine rings is 1. The van der Waals surface area contributed by atoms with Gasteiger partial charge in [0.15, 0.2) is 0 Å².